The van der Waals surface area contributed by atoms with Gasteiger partial charge in [-0.05, 0) is 31.4 Å². The van der Waals surface area contributed by atoms with Gasteiger partial charge in [-0.2, -0.15) is 0 Å². The van der Waals surface area contributed by atoms with Gasteiger partial charge in [-0.15, -0.1) is 0 Å². The number of carbonyl (C=O) groups is 1. The van der Waals surface area contributed by atoms with E-state index in [2.05, 4.69) is 21.9 Å². The number of benzene rings is 2. The number of hydrogen-bond donors (Lipinski definition) is 0. The number of unbranched alkanes of at least 4 members (excludes halogenated alkanes) is 3. The fraction of sp³-hybridized carbons (Fsp3) is 0.240. The summed E-state index contributed by atoms with van der Waals surface area (Å²) in [4.78, 5) is 17.6. The Kier molecular flexibility index (Phi) is 7.75. The van der Waals surface area contributed by atoms with Crippen LogP contribution < -0.4 is 17.0 Å². The summed E-state index contributed by atoms with van der Waals surface area (Å²) in [6, 6.07) is 21.6. The molecular formula is C25H25ClN2O2. The topological polar surface area (TPSA) is 43.1 Å². The molecule has 0 aliphatic heterocycles. The Balaban J connectivity index is 0.00000256. The third kappa shape index (κ3) is 5.14. The highest BCUT2D eigenvalue weighted by atomic mass is 35.5. The Hall–Kier alpha value is -2.98. The van der Waals surface area contributed by atoms with E-state index < -0.39 is 0 Å². The van der Waals surface area contributed by atoms with E-state index in [0.717, 1.165) is 54.0 Å². The summed E-state index contributed by atoms with van der Waals surface area (Å²) in [5, 5.41) is 1.69. The molecule has 0 bridgehead atoms. The zero-order valence-electron chi connectivity index (χ0n) is 16.8. The van der Waals surface area contributed by atoms with Gasteiger partial charge >= 0.3 is 5.97 Å². The fourth-order valence-electron chi connectivity index (χ4n) is 3.63. The van der Waals surface area contributed by atoms with Crippen molar-refractivity contribution in [3.05, 3.63) is 84.7 Å². The Morgan fingerprint density at radius 2 is 1.37 bits per heavy atom. The summed E-state index contributed by atoms with van der Waals surface area (Å²) in [5.74, 6) is -0.264. The zero-order valence-corrected chi connectivity index (χ0v) is 17.6. The lowest BCUT2D eigenvalue weighted by molar-refractivity contribution is -0.697. The molecule has 0 saturated heterocycles. The van der Waals surface area contributed by atoms with E-state index in [1.165, 1.54) is 0 Å². The molecule has 0 amide bonds. The molecule has 0 radical (unpaired) electrons. The van der Waals surface area contributed by atoms with E-state index in [4.69, 9.17) is 4.74 Å². The monoisotopic (exact) mass is 420 g/mol. The highest BCUT2D eigenvalue weighted by Gasteiger charge is 2.16. The van der Waals surface area contributed by atoms with Gasteiger partial charge in [-0.3, -0.25) is 0 Å². The molecule has 0 aliphatic rings. The first-order chi connectivity index (χ1) is 14.3. The van der Waals surface area contributed by atoms with E-state index in [0.29, 0.717) is 12.2 Å². The first-order valence-electron chi connectivity index (χ1n) is 10.2. The van der Waals surface area contributed by atoms with Crippen molar-refractivity contribution in [2.24, 2.45) is 0 Å². The number of hydrogen-bond acceptors (Lipinski definition) is 3. The molecule has 0 N–H and O–H groups in total. The quantitative estimate of drug-likeness (QED) is 0.190. The van der Waals surface area contributed by atoms with E-state index >= 15 is 0 Å². The van der Waals surface area contributed by atoms with Crippen molar-refractivity contribution >= 4 is 27.8 Å². The molecule has 0 atom stereocenters. The van der Waals surface area contributed by atoms with Gasteiger partial charge in [-0.1, -0.05) is 42.5 Å². The third-order valence-corrected chi connectivity index (χ3v) is 5.11. The van der Waals surface area contributed by atoms with E-state index in [9.17, 15) is 4.79 Å². The van der Waals surface area contributed by atoms with Crippen molar-refractivity contribution in [3.63, 3.8) is 0 Å². The Morgan fingerprint density at radius 3 is 2.03 bits per heavy atom. The molecule has 0 saturated carbocycles. The van der Waals surface area contributed by atoms with E-state index in [1.807, 2.05) is 66.7 Å². The van der Waals surface area contributed by atoms with Crippen LogP contribution in [0.2, 0.25) is 0 Å². The summed E-state index contributed by atoms with van der Waals surface area (Å²) in [6.45, 7) is 1.47. The SMILES string of the molecule is O=C(OCCCCCC[n+]1ccccc1)c1c2ccccc2nc2ccccc12.[Cl-]. The number of halogens is 1. The van der Waals surface area contributed by atoms with Gasteiger partial charge in [0.15, 0.2) is 12.4 Å². The molecule has 30 heavy (non-hydrogen) atoms. The maximum Gasteiger partial charge on any atom is 0.339 e. The maximum absolute atomic E-state index is 12.9. The standard InChI is InChI=1S/C25H25N2O2.ClH/c28-25(29-19-11-2-1-8-16-27-17-9-3-10-18-27)24-20-12-4-6-14-22(20)26-23-15-7-5-13-21(23)24;/h3-7,9-10,12-15,17-18H,1-2,8,11,16,19H2;1H/q+1;/p-1. The predicted molar refractivity (Wildman–Crippen MR) is 115 cm³/mol. The van der Waals surface area contributed by atoms with Crippen molar-refractivity contribution in [1.29, 1.82) is 0 Å². The van der Waals surface area contributed by atoms with Gasteiger partial charge in [0.05, 0.1) is 23.2 Å². The molecule has 4 nitrogen and oxygen atoms in total. The molecule has 4 aromatic rings. The smallest absolute Gasteiger partial charge is 0.339 e. The van der Waals surface area contributed by atoms with Crippen molar-refractivity contribution < 1.29 is 26.5 Å². The lowest BCUT2D eigenvalue weighted by atomic mass is 10.0. The summed E-state index contributed by atoms with van der Waals surface area (Å²) >= 11 is 0. The van der Waals surface area contributed by atoms with E-state index in [-0.39, 0.29) is 18.4 Å². The van der Waals surface area contributed by atoms with Gasteiger partial charge in [-0.25, -0.2) is 14.3 Å². The van der Waals surface area contributed by atoms with E-state index in [1.54, 1.807) is 0 Å². The number of pyridine rings is 2. The fourth-order valence-corrected chi connectivity index (χ4v) is 3.63. The molecular weight excluding hydrogens is 396 g/mol. The van der Waals surface area contributed by atoms with Crippen LogP contribution in [0.1, 0.15) is 36.0 Å². The Labute approximate surface area is 182 Å². The number of para-hydroxylation sites is 2. The molecule has 2 aromatic carbocycles. The minimum atomic E-state index is -0.264. The molecule has 154 valence electrons. The molecule has 0 fully saturated rings. The second-order valence-corrected chi connectivity index (χ2v) is 7.18. The number of fused-ring (bicyclic) bond motifs is 2. The van der Waals surface area contributed by atoms with Crippen LogP contribution in [0.5, 0.6) is 0 Å². The van der Waals surface area contributed by atoms with Gasteiger partial charge < -0.3 is 17.1 Å². The lowest BCUT2D eigenvalue weighted by Crippen LogP contribution is -3.00. The maximum atomic E-state index is 12.9. The van der Waals surface area contributed by atoms with Gasteiger partial charge in [0.1, 0.15) is 6.54 Å². The number of aromatic nitrogens is 2. The zero-order chi connectivity index (χ0) is 19.9. The molecule has 0 aliphatic carbocycles. The molecule has 5 heteroatoms. The second kappa shape index (κ2) is 10.7. The summed E-state index contributed by atoms with van der Waals surface area (Å²) in [5.41, 5.74) is 2.25. The average molecular weight is 421 g/mol. The molecule has 4 rings (SSSR count). The van der Waals surface area contributed by atoms with Crippen molar-refractivity contribution in [3.8, 4) is 0 Å². The Bertz CT molecular complexity index is 1060. The van der Waals surface area contributed by atoms with Crippen molar-refractivity contribution in [1.82, 2.24) is 4.98 Å². The summed E-state index contributed by atoms with van der Waals surface area (Å²) in [6.07, 6.45) is 8.36. The van der Waals surface area contributed by atoms with Crippen LogP contribution in [-0.2, 0) is 11.3 Å². The normalized spacial score (nSPS) is 10.7. The summed E-state index contributed by atoms with van der Waals surface area (Å²) < 4.78 is 7.83. The average Bonchev–Trinajstić information content (AvgIpc) is 2.77. The van der Waals surface area contributed by atoms with Gasteiger partial charge in [0.25, 0.3) is 0 Å². The largest absolute Gasteiger partial charge is 1.00 e. The van der Waals surface area contributed by atoms with Crippen LogP contribution in [0.25, 0.3) is 21.8 Å². The minimum Gasteiger partial charge on any atom is -1.00 e. The number of esters is 1. The van der Waals surface area contributed by atoms with Crippen LogP contribution in [0.3, 0.4) is 0 Å². The minimum absolute atomic E-state index is 0. The number of aryl methyl sites for hydroxylation is 1. The molecule has 2 heterocycles. The summed E-state index contributed by atoms with van der Waals surface area (Å²) in [7, 11) is 0. The number of rotatable bonds is 8. The van der Waals surface area contributed by atoms with Crippen molar-refractivity contribution in [2.75, 3.05) is 6.61 Å². The highest BCUT2D eigenvalue weighted by Crippen LogP contribution is 2.26. The van der Waals surface area contributed by atoms with Crippen LogP contribution in [-0.4, -0.2) is 17.6 Å². The number of nitrogens with zero attached hydrogens (tertiary/aromatic N) is 2. The van der Waals surface area contributed by atoms with Crippen molar-refractivity contribution in [2.45, 2.75) is 32.2 Å². The van der Waals surface area contributed by atoms with Crippen LogP contribution in [0, 0.1) is 0 Å². The van der Waals surface area contributed by atoms with Crippen LogP contribution >= 0.6 is 0 Å². The van der Waals surface area contributed by atoms with Crippen LogP contribution in [0.4, 0.5) is 0 Å². The lowest BCUT2D eigenvalue weighted by Gasteiger charge is -2.10. The number of carbonyl (C=O) groups excluding carboxylic acids is 1. The number of ether oxygens (including phenoxy) is 1. The Morgan fingerprint density at radius 1 is 0.767 bits per heavy atom. The highest BCUT2D eigenvalue weighted by molar-refractivity contribution is 6.14. The molecule has 2 aromatic heterocycles. The molecule has 0 spiro atoms. The van der Waals surface area contributed by atoms with Crippen LogP contribution in [0.15, 0.2) is 79.1 Å². The molecule has 0 unspecified atom stereocenters. The third-order valence-electron chi connectivity index (χ3n) is 5.11. The first-order valence-corrected chi connectivity index (χ1v) is 10.2. The van der Waals surface area contributed by atoms with Gasteiger partial charge in [0, 0.05) is 29.3 Å². The first kappa shape index (κ1) is 21.7. The van der Waals surface area contributed by atoms with Gasteiger partial charge in [0.2, 0.25) is 0 Å². The predicted octanol–water partition coefficient (Wildman–Crippen LogP) is 2.10. The second-order valence-electron chi connectivity index (χ2n) is 7.18.